The number of hydrogen-bond donors (Lipinski definition) is 2. The number of nitrogens with one attached hydrogen (secondary N) is 1. The molecular formula is C34H47ClN2O10S2. The molecule has 1 aromatic rings. The van der Waals surface area contributed by atoms with E-state index >= 15 is 0 Å². The molecule has 2 fully saturated rings. The lowest BCUT2D eigenvalue weighted by Gasteiger charge is -2.59. The van der Waals surface area contributed by atoms with Crippen molar-refractivity contribution in [3.05, 3.63) is 46.5 Å². The lowest BCUT2D eigenvalue weighted by Crippen LogP contribution is -2.72. The summed E-state index contributed by atoms with van der Waals surface area (Å²) in [6.07, 6.45) is 4.77. The quantitative estimate of drug-likeness (QED) is 0.184. The van der Waals surface area contributed by atoms with Crippen LogP contribution in [-0.4, -0.2) is 105 Å². The lowest BCUT2D eigenvalue weighted by molar-refractivity contribution is -0.328. The fraction of sp³-hybridized carbons (Fsp3) is 0.618. The molecule has 15 heteroatoms. The number of hydrogen-bond acceptors (Lipinski definition) is 12. The minimum absolute atomic E-state index is 0.0597. The Bertz CT molecular complexity index is 1440. The van der Waals surface area contributed by atoms with Crippen LogP contribution in [0.5, 0.6) is 5.75 Å². The zero-order valence-corrected chi connectivity index (χ0v) is 31.4. The van der Waals surface area contributed by atoms with Gasteiger partial charge >= 0.3 is 12.1 Å². The van der Waals surface area contributed by atoms with Crippen LogP contribution in [0.25, 0.3) is 0 Å². The maximum atomic E-state index is 13.9. The number of halogens is 1. The van der Waals surface area contributed by atoms with Gasteiger partial charge in [-0.25, -0.2) is 9.59 Å². The summed E-state index contributed by atoms with van der Waals surface area (Å²) in [4.78, 5) is 41.2. The normalized spacial score (nSPS) is 32.2. The number of ether oxygens (including phenoxy) is 6. The molecule has 2 amide bonds. The molecule has 4 heterocycles. The van der Waals surface area contributed by atoms with Gasteiger partial charge in [-0.1, -0.05) is 57.0 Å². The first kappa shape index (κ1) is 39.3. The molecule has 1 aromatic carbocycles. The maximum Gasteiger partial charge on any atom is 0.409 e. The van der Waals surface area contributed by atoms with E-state index in [2.05, 4.69) is 5.32 Å². The maximum absolute atomic E-state index is 13.9. The lowest BCUT2D eigenvalue weighted by atomic mass is 9.72. The number of amides is 2. The average molecular weight is 743 g/mol. The average Bonchev–Trinajstić information content (AvgIpc) is 3.03. The molecule has 6 atom stereocenters. The summed E-state index contributed by atoms with van der Waals surface area (Å²) < 4.78 is 34.8. The van der Waals surface area contributed by atoms with E-state index in [0.717, 1.165) is 23.3 Å². The van der Waals surface area contributed by atoms with Gasteiger partial charge in [-0.3, -0.25) is 10.1 Å². The zero-order valence-electron chi connectivity index (χ0n) is 29.0. The molecule has 0 saturated carbocycles. The Morgan fingerprint density at radius 1 is 1.22 bits per heavy atom. The van der Waals surface area contributed by atoms with Crippen molar-refractivity contribution in [2.75, 3.05) is 51.4 Å². The summed E-state index contributed by atoms with van der Waals surface area (Å²) in [6.45, 7) is 5.52. The van der Waals surface area contributed by atoms with Crippen LogP contribution in [0.4, 0.5) is 10.5 Å². The van der Waals surface area contributed by atoms with Gasteiger partial charge in [0.25, 0.3) is 0 Å². The van der Waals surface area contributed by atoms with Gasteiger partial charge in [-0.15, -0.1) is 0 Å². The van der Waals surface area contributed by atoms with Gasteiger partial charge in [0.2, 0.25) is 5.91 Å². The summed E-state index contributed by atoms with van der Waals surface area (Å²) in [7, 11) is 7.91. The van der Waals surface area contributed by atoms with Gasteiger partial charge in [-0.05, 0) is 57.6 Å². The van der Waals surface area contributed by atoms with E-state index in [9.17, 15) is 19.5 Å². The van der Waals surface area contributed by atoms with Crippen molar-refractivity contribution in [2.24, 2.45) is 0 Å². The van der Waals surface area contributed by atoms with Crippen LogP contribution in [0.15, 0.2) is 35.9 Å². The molecule has 2 saturated heterocycles. The topological polar surface area (TPSA) is 142 Å². The van der Waals surface area contributed by atoms with Crippen molar-refractivity contribution in [1.82, 2.24) is 5.32 Å². The molecule has 2 N–H and O–H groups in total. The van der Waals surface area contributed by atoms with Crippen LogP contribution in [0.1, 0.15) is 52.0 Å². The second-order valence-electron chi connectivity index (χ2n) is 12.9. The van der Waals surface area contributed by atoms with Gasteiger partial charge in [0.15, 0.2) is 5.72 Å². The van der Waals surface area contributed by atoms with Crippen molar-refractivity contribution in [3.8, 4) is 5.75 Å². The number of esters is 1. The second-order valence-corrected chi connectivity index (χ2v) is 16.0. The number of benzene rings is 1. The highest BCUT2D eigenvalue weighted by Gasteiger charge is 2.63. The third-order valence-corrected chi connectivity index (χ3v) is 11.3. The Morgan fingerprint density at radius 2 is 1.96 bits per heavy atom. The van der Waals surface area contributed by atoms with Crippen molar-refractivity contribution in [3.63, 3.8) is 0 Å². The van der Waals surface area contributed by atoms with E-state index < -0.39 is 47.3 Å². The third-order valence-electron chi connectivity index (χ3n) is 8.99. The van der Waals surface area contributed by atoms with Crippen molar-refractivity contribution < 1.29 is 47.9 Å². The SMILES string of the molecule is COc1cc2cc(c1Cl)N(C)C(=O)C[C@H](OC(=O)COCCCSSC)[C@@]1(C)CC(C)(O1)[C@@H]1C[C@@](O)(NC(=O)O1)[C@H](OC)/C=C/C=C(\C)C2. The Hall–Kier alpha value is -2.46. The molecule has 0 radical (unpaired) electrons. The summed E-state index contributed by atoms with van der Waals surface area (Å²) >= 11 is 6.72. The Balaban J connectivity index is 1.70. The van der Waals surface area contributed by atoms with Gasteiger partial charge < -0.3 is 38.4 Å². The molecule has 0 aliphatic carbocycles. The van der Waals surface area contributed by atoms with E-state index in [0.29, 0.717) is 24.5 Å². The number of methoxy groups -OCH3 is 2. The first-order valence-electron chi connectivity index (χ1n) is 16.0. The van der Waals surface area contributed by atoms with E-state index in [1.54, 1.807) is 60.7 Å². The van der Waals surface area contributed by atoms with Crippen LogP contribution in [0.2, 0.25) is 5.02 Å². The molecule has 4 aliphatic heterocycles. The summed E-state index contributed by atoms with van der Waals surface area (Å²) in [5.41, 5.74) is -1.85. The molecular weight excluding hydrogens is 696 g/mol. The Labute approximate surface area is 300 Å². The largest absolute Gasteiger partial charge is 0.495 e. The van der Waals surface area contributed by atoms with Crippen LogP contribution >= 0.6 is 33.2 Å². The number of alkyl carbamates (subject to hydrolysis) is 1. The van der Waals surface area contributed by atoms with Gasteiger partial charge in [0.05, 0.1) is 19.2 Å². The van der Waals surface area contributed by atoms with E-state index in [4.69, 9.17) is 40.0 Å². The highest BCUT2D eigenvalue weighted by molar-refractivity contribution is 8.76. The van der Waals surface area contributed by atoms with Crippen LogP contribution in [-0.2, 0) is 39.7 Å². The first-order valence-corrected chi connectivity index (χ1v) is 19.1. The van der Waals surface area contributed by atoms with Crippen LogP contribution in [0, 0.1) is 0 Å². The number of allylic oxidation sites excluding steroid dienone is 3. The van der Waals surface area contributed by atoms with Gasteiger partial charge in [0, 0.05) is 39.4 Å². The summed E-state index contributed by atoms with van der Waals surface area (Å²) in [5, 5.41) is 14.4. The number of fused-ring (bicyclic) bond motifs is 6. The minimum atomic E-state index is -1.82. The number of carbonyl (C=O) groups is 3. The first-order chi connectivity index (χ1) is 23.2. The minimum Gasteiger partial charge on any atom is -0.495 e. The predicted octanol–water partition coefficient (Wildman–Crippen LogP) is 5.23. The van der Waals surface area contributed by atoms with Crippen LogP contribution < -0.4 is 15.0 Å². The Morgan fingerprint density at radius 3 is 2.63 bits per heavy atom. The van der Waals surface area contributed by atoms with E-state index in [-0.39, 0.29) is 36.8 Å². The van der Waals surface area contributed by atoms with E-state index in [1.807, 2.05) is 25.3 Å². The molecule has 1 unspecified atom stereocenters. The highest BCUT2D eigenvalue weighted by atomic mass is 35.5. The molecule has 272 valence electrons. The number of carbonyl (C=O) groups excluding carboxylic acids is 3. The molecule has 6 bridgehead atoms. The molecule has 49 heavy (non-hydrogen) atoms. The fourth-order valence-corrected chi connectivity index (χ4v) is 8.12. The molecule has 5 rings (SSSR count). The fourth-order valence-electron chi connectivity index (χ4n) is 6.55. The smallest absolute Gasteiger partial charge is 0.409 e. The summed E-state index contributed by atoms with van der Waals surface area (Å²) in [6, 6.07) is 3.62. The van der Waals surface area contributed by atoms with Crippen molar-refractivity contribution in [1.29, 1.82) is 0 Å². The number of aliphatic hydroxyl groups is 1. The van der Waals surface area contributed by atoms with Gasteiger partial charge in [0.1, 0.15) is 46.9 Å². The molecule has 4 aliphatic rings. The monoisotopic (exact) mass is 742 g/mol. The highest BCUT2D eigenvalue weighted by Crippen LogP contribution is 2.50. The van der Waals surface area contributed by atoms with E-state index in [1.165, 1.54) is 19.1 Å². The zero-order chi connectivity index (χ0) is 36.0. The van der Waals surface area contributed by atoms with Crippen molar-refractivity contribution in [2.45, 2.75) is 88.1 Å². The van der Waals surface area contributed by atoms with Crippen molar-refractivity contribution >= 4 is 56.8 Å². The van der Waals surface area contributed by atoms with Crippen LogP contribution in [0.3, 0.4) is 0 Å². The number of nitrogens with zero attached hydrogens (tertiary/aromatic N) is 1. The number of rotatable bonds is 10. The Kier molecular flexibility index (Phi) is 13.4. The molecule has 0 spiro atoms. The number of anilines is 1. The summed E-state index contributed by atoms with van der Waals surface area (Å²) in [5.74, 6) is 0.253. The third kappa shape index (κ3) is 9.46. The molecule has 0 aromatic heterocycles. The predicted molar refractivity (Wildman–Crippen MR) is 190 cm³/mol. The standard InChI is InChI=1S/C34H47ClN2O10S2/c1-21-10-8-11-25(43-6)34(41)18-27(46-31(40)36-34)33(3)20-32(2,47-33)26(45-29(39)19-44-12-9-13-49-48-7)17-28(38)37(4)23-15-22(14-21)16-24(42-5)30(23)35/h8,10-11,15-16,25-27,41H,9,12-14,17-20H2,1-7H3,(H,36,40)/b11-8+,21-10+/t25-,26+,27+,32-,33?,34+/m1/s1. The second kappa shape index (κ2) is 16.7. The molecule has 12 nitrogen and oxygen atoms in total. The van der Waals surface area contributed by atoms with Gasteiger partial charge in [-0.2, -0.15) is 0 Å².